The lowest BCUT2D eigenvalue weighted by molar-refractivity contribution is 0.845. The van der Waals surface area contributed by atoms with Gasteiger partial charge in [0.05, 0.1) is 5.48 Å². The molecular weight excluding hydrogens is 144 g/mol. The van der Waals surface area contributed by atoms with Crippen LogP contribution in [0.4, 0.5) is 0 Å². The second kappa shape index (κ2) is 3.75. The van der Waals surface area contributed by atoms with Crippen molar-refractivity contribution in [2.24, 2.45) is 0 Å². The molecule has 0 heteroatoms. The maximum Gasteiger partial charge on any atom is 0.0626 e. The molecule has 0 aromatic heterocycles. The Morgan fingerprint density at radius 2 is 1.08 bits per heavy atom. The Kier molecular flexibility index (Phi) is 1.58. The van der Waals surface area contributed by atoms with Gasteiger partial charge in [-0.25, -0.2) is 0 Å². The molecule has 0 aliphatic carbocycles. The molecule has 0 fully saturated rings. The standard InChI is InChI=1S/C12H18/c1-9(2)11-5-7-12(8-6-11)10(3)4/h5-10H,1-4H3/i5D,6D,7D,8D. The lowest BCUT2D eigenvalue weighted by Gasteiger charge is -2.08. The van der Waals surface area contributed by atoms with Gasteiger partial charge in [-0.1, -0.05) is 51.9 Å². The SMILES string of the molecule is [2H]c1c([2H])c(C(C)C)c([2H])c([2H])c1C(C)C. The first-order chi connectivity index (χ1) is 7.29. The zero-order chi connectivity index (χ0) is 12.6. The highest BCUT2D eigenvalue weighted by atomic mass is 14.1. The minimum absolute atomic E-state index is 0.00872. The van der Waals surface area contributed by atoms with Crippen LogP contribution in [0, 0.1) is 0 Å². The fourth-order valence-electron chi connectivity index (χ4n) is 0.909. The van der Waals surface area contributed by atoms with Crippen molar-refractivity contribution in [3.8, 4) is 0 Å². The summed E-state index contributed by atoms with van der Waals surface area (Å²) in [6.45, 7) is 7.55. The number of benzene rings is 1. The summed E-state index contributed by atoms with van der Waals surface area (Å²) in [5, 5.41) is 0. The van der Waals surface area contributed by atoms with E-state index in [1.807, 2.05) is 27.7 Å². The first-order valence-electron chi connectivity index (χ1n) is 6.39. The van der Waals surface area contributed by atoms with Crippen molar-refractivity contribution >= 4 is 0 Å². The van der Waals surface area contributed by atoms with Gasteiger partial charge in [-0.05, 0) is 23.0 Å². The van der Waals surface area contributed by atoms with Gasteiger partial charge in [0.2, 0.25) is 0 Å². The molecule has 1 rings (SSSR count). The molecule has 0 spiro atoms. The summed E-state index contributed by atoms with van der Waals surface area (Å²) in [5.74, 6) is 0.0174. The smallest absolute Gasteiger partial charge is 0.0587 e. The molecule has 0 N–H and O–H groups in total. The van der Waals surface area contributed by atoms with Crippen molar-refractivity contribution in [1.29, 1.82) is 0 Å². The molecule has 0 heterocycles. The zero-order valence-electron chi connectivity index (χ0n) is 12.2. The lowest BCUT2D eigenvalue weighted by atomic mass is 9.97. The Morgan fingerprint density at radius 1 is 0.833 bits per heavy atom. The van der Waals surface area contributed by atoms with Crippen LogP contribution in [0.25, 0.3) is 0 Å². The van der Waals surface area contributed by atoms with E-state index in [9.17, 15) is 0 Å². The molecule has 0 aliphatic rings. The van der Waals surface area contributed by atoms with Gasteiger partial charge >= 0.3 is 0 Å². The topological polar surface area (TPSA) is 0 Å². The molecule has 12 heavy (non-hydrogen) atoms. The molecule has 0 atom stereocenters. The molecule has 0 saturated heterocycles. The van der Waals surface area contributed by atoms with Crippen LogP contribution in [-0.2, 0) is 0 Å². The molecule has 0 radical (unpaired) electrons. The molecule has 66 valence electrons. The second-order valence-electron chi connectivity index (χ2n) is 3.64. The normalized spacial score (nSPS) is 15.8. The van der Waals surface area contributed by atoms with Crippen molar-refractivity contribution in [3.63, 3.8) is 0 Å². The molecule has 0 bridgehead atoms. The van der Waals surface area contributed by atoms with E-state index in [1.54, 1.807) is 0 Å². The third-order valence-corrected chi connectivity index (χ3v) is 1.82. The Balaban J connectivity index is 3.63. The summed E-state index contributed by atoms with van der Waals surface area (Å²) in [6.07, 6.45) is 0. The average molecular weight is 166 g/mol. The summed E-state index contributed by atoms with van der Waals surface area (Å²) in [5.41, 5.74) is 1.03. The Labute approximate surface area is 81.2 Å². The second-order valence-corrected chi connectivity index (χ2v) is 3.64. The number of hydrogen-bond acceptors (Lipinski definition) is 0. The Hall–Kier alpha value is -0.780. The van der Waals surface area contributed by atoms with E-state index in [1.165, 1.54) is 0 Å². The van der Waals surface area contributed by atoms with Crippen molar-refractivity contribution < 1.29 is 5.48 Å². The van der Waals surface area contributed by atoms with Crippen LogP contribution >= 0.6 is 0 Å². The predicted octanol–water partition coefficient (Wildman–Crippen LogP) is 3.93. The van der Waals surface area contributed by atoms with E-state index in [0.29, 0.717) is 11.1 Å². The van der Waals surface area contributed by atoms with Crippen molar-refractivity contribution in [2.45, 2.75) is 39.5 Å². The highest BCUT2D eigenvalue weighted by Gasteiger charge is 2.00. The van der Waals surface area contributed by atoms with Crippen LogP contribution in [0.3, 0.4) is 0 Å². The molecule has 0 amide bonds. The molecule has 0 unspecified atom stereocenters. The van der Waals surface area contributed by atoms with E-state index >= 15 is 0 Å². The van der Waals surface area contributed by atoms with Crippen molar-refractivity contribution in [3.05, 3.63) is 35.3 Å². The maximum absolute atomic E-state index is 7.91. The van der Waals surface area contributed by atoms with Gasteiger partial charge in [0.1, 0.15) is 0 Å². The fraction of sp³-hybridized carbons (Fsp3) is 0.500. The zero-order valence-corrected chi connectivity index (χ0v) is 8.15. The largest absolute Gasteiger partial charge is 0.0626 e. The molecule has 0 saturated carbocycles. The molecule has 1 aromatic rings. The minimum Gasteiger partial charge on any atom is -0.0587 e. The van der Waals surface area contributed by atoms with Gasteiger partial charge in [0.25, 0.3) is 0 Å². The van der Waals surface area contributed by atoms with E-state index < -0.39 is 0 Å². The molecular formula is C12H18. The summed E-state index contributed by atoms with van der Waals surface area (Å²) >= 11 is 0. The lowest BCUT2D eigenvalue weighted by Crippen LogP contribution is -1.90. The van der Waals surface area contributed by atoms with Gasteiger partial charge < -0.3 is 0 Å². The predicted molar refractivity (Wildman–Crippen MR) is 54.6 cm³/mol. The quantitative estimate of drug-likeness (QED) is 0.624. The van der Waals surface area contributed by atoms with Crippen LogP contribution in [0.5, 0.6) is 0 Å². The Bertz CT molecular complexity index is 340. The van der Waals surface area contributed by atoms with E-state index in [-0.39, 0.29) is 36.0 Å². The molecule has 0 nitrogen and oxygen atoms in total. The highest BCUT2D eigenvalue weighted by Crippen LogP contribution is 2.18. The van der Waals surface area contributed by atoms with E-state index in [4.69, 9.17) is 5.48 Å². The van der Waals surface area contributed by atoms with Crippen LogP contribution in [-0.4, -0.2) is 0 Å². The number of hydrogen-bond donors (Lipinski definition) is 0. The fourth-order valence-corrected chi connectivity index (χ4v) is 0.909. The van der Waals surface area contributed by atoms with Crippen molar-refractivity contribution in [1.82, 2.24) is 0 Å². The van der Waals surface area contributed by atoms with Gasteiger partial charge in [-0.3, -0.25) is 0 Å². The first-order valence-corrected chi connectivity index (χ1v) is 4.39. The van der Waals surface area contributed by atoms with Crippen LogP contribution in [0.1, 0.15) is 56.1 Å². The first kappa shape index (κ1) is 5.06. The average Bonchev–Trinajstić information content (AvgIpc) is 2.14. The summed E-state index contributed by atoms with van der Waals surface area (Å²) in [7, 11) is 0. The minimum atomic E-state index is 0.00872. The van der Waals surface area contributed by atoms with Crippen LogP contribution in [0.2, 0.25) is 0 Å². The van der Waals surface area contributed by atoms with E-state index in [0.717, 1.165) is 0 Å². The van der Waals surface area contributed by atoms with Gasteiger partial charge in [-0.2, -0.15) is 0 Å². The van der Waals surface area contributed by atoms with E-state index in [2.05, 4.69) is 0 Å². The van der Waals surface area contributed by atoms with Gasteiger partial charge in [0, 0.05) is 0 Å². The van der Waals surface area contributed by atoms with Crippen LogP contribution < -0.4 is 0 Å². The van der Waals surface area contributed by atoms with Crippen LogP contribution in [0.15, 0.2) is 24.2 Å². The van der Waals surface area contributed by atoms with Crippen molar-refractivity contribution in [2.75, 3.05) is 0 Å². The summed E-state index contributed by atoms with van der Waals surface area (Å²) in [4.78, 5) is 0. The monoisotopic (exact) mass is 166 g/mol. The molecule has 1 aromatic carbocycles. The van der Waals surface area contributed by atoms with Gasteiger partial charge in [-0.15, -0.1) is 0 Å². The Morgan fingerprint density at radius 3 is 1.25 bits per heavy atom. The summed E-state index contributed by atoms with van der Waals surface area (Å²) in [6, 6.07) is 0.443. The molecule has 0 aliphatic heterocycles. The maximum atomic E-state index is 7.91. The van der Waals surface area contributed by atoms with Gasteiger partial charge in [0.15, 0.2) is 0 Å². The third kappa shape index (κ3) is 2.10. The third-order valence-electron chi connectivity index (χ3n) is 1.82. The number of rotatable bonds is 2. The summed E-state index contributed by atoms with van der Waals surface area (Å²) < 4.78 is 31.6. The highest BCUT2D eigenvalue weighted by molar-refractivity contribution is 5.26.